The number of esters is 3. The van der Waals surface area contributed by atoms with Crippen molar-refractivity contribution in [3.63, 3.8) is 0 Å². The zero-order valence-electron chi connectivity index (χ0n) is 15.9. The molecular weight excluding hydrogens is 372 g/mol. The molecule has 0 aliphatic heterocycles. The lowest BCUT2D eigenvalue weighted by Gasteiger charge is -2.23. The van der Waals surface area contributed by atoms with Crippen molar-refractivity contribution in [1.82, 2.24) is 5.32 Å². The number of methoxy groups -OCH3 is 3. The van der Waals surface area contributed by atoms with E-state index in [1.165, 1.54) is 31.2 Å². The minimum Gasteiger partial charge on any atom is -0.469 e. The Hall–Kier alpha value is -3.43. The number of carbonyl (C=O) groups is 5. The second kappa shape index (κ2) is 10.7. The van der Waals surface area contributed by atoms with Crippen molar-refractivity contribution in [3.8, 4) is 0 Å². The number of rotatable bonds is 8. The quantitative estimate of drug-likeness (QED) is 0.473. The van der Waals surface area contributed by atoms with Gasteiger partial charge in [0.05, 0.1) is 33.7 Å². The molecule has 2 amide bonds. The molecule has 0 bridgehead atoms. The van der Waals surface area contributed by atoms with E-state index in [1.807, 2.05) is 0 Å². The van der Waals surface area contributed by atoms with E-state index in [1.54, 1.807) is 0 Å². The van der Waals surface area contributed by atoms with Crippen molar-refractivity contribution >= 4 is 35.4 Å². The molecule has 0 saturated heterocycles. The molecule has 152 valence electrons. The molecule has 10 nitrogen and oxygen atoms in total. The van der Waals surface area contributed by atoms with E-state index in [-0.39, 0.29) is 11.5 Å². The lowest BCUT2D eigenvalue weighted by molar-refractivity contribution is -0.158. The van der Waals surface area contributed by atoms with Crippen molar-refractivity contribution in [3.05, 3.63) is 29.8 Å². The van der Waals surface area contributed by atoms with Crippen molar-refractivity contribution in [2.24, 2.45) is 5.92 Å². The summed E-state index contributed by atoms with van der Waals surface area (Å²) in [7, 11) is 3.29. The van der Waals surface area contributed by atoms with E-state index in [4.69, 9.17) is 0 Å². The van der Waals surface area contributed by atoms with Gasteiger partial charge in [-0.3, -0.25) is 19.2 Å². The van der Waals surface area contributed by atoms with Crippen LogP contribution in [0.15, 0.2) is 24.3 Å². The van der Waals surface area contributed by atoms with Crippen LogP contribution in [-0.4, -0.2) is 57.1 Å². The third-order valence-electron chi connectivity index (χ3n) is 3.73. The van der Waals surface area contributed by atoms with Gasteiger partial charge < -0.3 is 24.8 Å². The van der Waals surface area contributed by atoms with Crippen LogP contribution in [0.5, 0.6) is 0 Å². The average Bonchev–Trinajstić information content (AvgIpc) is 2.68. The van der Waals surface area contributed by atoms with Crippen molar-refractivity contribution in [2.75, 3.05) is 26.6 Å². The Morgan fingerprint density at radius 1 is 0.893 bits per heavy atom. The van der Waals surface area contributed by atoms with Crippen LogP contribution in [0, 0.1) is 5.92 Å². The normalized spacial score (nSPS) is 12.1. The van der Waals surface area contributed by atoms with Crippen molar-refractivity contribution in [2.45, 2.75) is 19.4 Å². The van der Waals surface area contributed by atoms with Crippen LogP contribution in [-0.2, 0) is 33.4 Å². The first-order chi connectivity index (χ1) is 13.2. The summed E-state index contributed by atoms with van der Waals surface area (Å²) in [6, 6.07) is 4.36. The van der Waals surface area contributed by atoms with Gasteiger partial charge in [0.25, 0.3) is 5.91 Å². The number of anilines is 1. The molecule has 0 aliphatic carbocycles. The number of benzene rings is 1. The first kappa shape index (κ1) is 22.6. The largest absolute Gasteiger partial charge is 0.469 e. The monoisotopic (exact) mass is 394 g/mol. The third kappa shape index (κ3) is 6.38. The molecule has 0 spiro atoms. The molecule has 0 unspecified atom stereocenters. The molecule has 28 heavy (non-hydrogen) atoms. The highest BCUT2D eigenvalue weighted by atomic mass is 16.5. The van der Waals surface area contributed by atoms with Gasteiger partial charge in [-0.05, 0) is 24.3 Å². The van der Waals surface area contributed by atoms with Gasteiger partial charge in [0.2, 0.25) is 5.91 Å². The number of hydrogen-bond donors (Lipinski definition) is 2. The predicted molar refractivity (Wildman–Crippen MR) is 96.2 cm³/mol. The molecule has 1 aromatic rings. The van der Waals surface area contributed by atoms with Gasteiger partial charge in [0, 0.05) is 18.2 Å². The van der Waals surface area contributed by atoms with Crippen LogP contribution >= 0.6 is 0 Å². The molecular formula is C18H22N2O8. The maximum absolute atomic E-state index is 12.5. The maximum atomic E-state index is 12.5. The zero-order valence-corrected chi connectivity index (χ0v) is 15.9. The van der Waals surface area contributed by atoms with Gasteiger partial charge >= 0.3 is 17.9 Å². The van der Waals surface area contributed by atoms with Crippen LogP contribution < -0.4 is 10.6 Å². The maximum Gasteiger partial charge on any atom is 0.329 e. The smallest absolute Gasteiger partial charge is 0.329 e. The van der Waals surface area contributed by atoms with Crippen LogP contribution in [0.25, 0.3) is 0 Å². The van der Waals surface area contributed by atoms with Crippen LogP contribution in [0.1, 0.15) is 23.7 Å². The Balaban J connectivity index is 3.07. The fourth-order valence-electron chi connectivity index (χ4n) is 2.34. The molecule has 0 fully saturated rings. The Morgan fingerprint density at radius 2 is 1.46 bits per heavy atom. The zero-order chi connectivity index (χ0) is 21.3. The van der Waals surface area contributed by atoms with Gasteiger partial charge in [-0.1, -0.05) is 0 Å². The van der Waals surface area contributed by atoms with E-state index < -0.39 is 42.2 Å². The molecule has 0 aliphatic rings. The molecule has 10 heteroatoms. The number of amides is 2. The van der Waals surface area contributed by atoms with Crippen molar-refractivity contribution < 1.29 is 38.2 Å². The summed E-state index contributed by atoms with van der Waals surface area (Å²) in [5.41, 5.74) is 0.636. The highest BCUT2D eigenvalue weighted by Crippen LogP contribution is 2.16. The summed E-state index contributed by atoms with van der Waals surface area (Å²) >= 11 is 0. The first-order valence-corrected chi connectivity index (χ1v) is 8.14. The van der Waals surface area contributed by atoms with E-state index in [2.05, 4.69) is 24.8 Å². The number of carbonyl (C=O) groups excluding carboxylic acids is 5. The number of nitrogens with one attached hydrogen (secondary N) is 2. The standard InChI is InChI=1S/C18H22N2O8/c1-10(21)19-12-7-5-11(6-8-12)16(23)20-15(18(25)28-4)13(17(24)27-3)9-14(22)26-2/h5-8,13,15H,9H2,1-4H3,(H,19,21)(H,20,23)/t13-,15+/m1/s1. The lowest BCUT2D eigenvalue weighted by atomic mass is 9.95. The lowest BCUT2D eigenvalue weighted by Crippen LogP contribution is -2.50. The second-order valence-corrected chi connectivity index (χ2v) is 5.64. The van der Waals surface area contributed by atoms with Gasteiger partial charge in [0.1, 0.15) is 6.04 Å². The van der Waals surface area contributed by atoms with Gasteiger partial charge in [-0.25, -0.2) is 4.79 Å². The molecule has 1 aromatic carbocycles. The molecule has 0 aromatic heterocycles. The summed E-state index contributed by atoms with van der Waals surface area (Å²) in [6.45, 7) is 1.34. The highest BCUT2D eigenvalue weighted by Gasteiger charge is 2.38. The number of ether oxygens (including phenoxy) is 3. The molecule has 0 saturated carbocycles. The van der Waals surface area contributed by atoms with Crippen LogP contribution in [0.2, 0.25) is 0 Å². The van der Waals surface area contributed by atoms with Gasteiger partial charge in [0.15, 0.2) is 0 Å². The van der Waals surface area contributed by atoms with Crippen LogP contribution in [0.3, 0.4) is 0 Å². The highest BCUT2D eigenvalue weighted by molar-refractivity contribution is 5.99. The van der Waals surface area contributed by atoms with Crippen molar-refractivity contribution in [1.29, 1.82) is 0 Å². The molecule has 0 radical (unpaired) electrons. The summed E-state index contributed by atoms with van der Waals surface area (Å²) < 4.78 is 13.8. The Labute approximate surface area is 161 Å². The fraction of sp³-hybridized carbons (Fsp3) is 0.389. The molecule has 2 N–H and O–H groups in total. The second-order valence-electron chi connectivity index (χ2n) is 5.64. The Morgan fingerprint density at radius 3 is 1.93 bits per heavy atom. The van der Waals surface area contributed by atoms with Gasteiger partial charge in [-0.2, -0.15) is 0 Å². The minimum atomic E-state index is -1.47. The van der Waals surface area contributed by atoms with E-state index in [0.717, 1.165) is 21.3 Å². The fourth-order valence-corrected chi connectivity index (χ4v) is 2.34. The summed E-state index contributed by atoms with van der Waals surface area (Å²) in [5.74, 6) is -4.88. The Kier molecular flexibility index (Phi) is 8.60. The number of hydrogen-bond acceptors (Lipinski definition) is 8. The Bertz CT molecular complexity index is 744. The van der Waals surface area contributed by atoms with Gasteiger partial charge in [-0.15, -0.1) is 0 Å². The first-order valence-electron chi connectivity index (χ1n) is 8.14. The molecule has 1 rings (SSSR count). The summed E-state index contributed by atoms with van der Waals surface area (Å²) in [6.07, 6.45) is -0.495. The molecule has 2 atom stereocenters. The molecule has 0 heterocycles. The predicted octanol–water partition coefficient (Wildman–Crippen LogP) is 0.269. The minimum absolute atomic E-state index is 0.157. The summed E-state index contributed by atoms with van der Waals surface area (Å²) in [5, 5.41) is 4.93. The SMILES string of the molecule is COC(=O)C[C@@H](C(=O)OC)[C@H](NC(=O)c1ccc(NC(C)=O)cc1)C(=O)OC. The van der Waals surface area contributed by atoms with E-state index >= 15 is 0 Å². The summed E-state index contributed by atoms with van der Waals surface area (Å²) in [4.78, 5) is 59.4. The van der Waals surface area contributed by atoms with Crippen LogP contribution in [0.4, 0.5) is 5.69 Å². The third-order valence-corrected chi connectivity index (χ3v) is 3.73. The topological polar surface area (TPSA) is 137 Å². The van der Waals surface area contributed by atoms with E-state index in [9.17, 15) is 24.0 Å². The average molecular weight is 394 g/mol. The van der Waals surface area contributed by atoms with E-state index in [0.29, 0.717) is 5.69 Å².